The Morgan fingerprint density at radius 2 is 1.85 bits per heavy atom. The minimum absolute atomic E-state index is 0.609. The summed E-state index contributed by atoms with van der Waals surface area (Å²) < 4.78 is 2.05. The molecule has 104 valence electrons. The van der Waals surface area contributed by atoms with Crippen molar-refractivity contribution < 1.29 is 0 Å². The quantitative estimate of drug-likeness (QED) is 0.654. The Hall–Kier alpha value is -1.90. The lowest BCUT2D eigenvalue weighted by Gasteiger charge is -2.07. The molecule has 0 atom stereocenters. The molecule has 0 radical (unpaired) electrons. The second-order valence-corrected chi connectivity index (χ2v) is 5.35. The van der Waals surface area contributed by atoms with Gasteiger partial charge in [0.05, 0.1) is 16.7 Å². The number of aromatic nitrogens is 3. The summed E-state index contributed by atoms with van der Waals surface area (Å²) in [5.41, 5.74) is 4.62. The molecule has 0 unspecified atom stereocenters. The smallest absolute Gasteiger partial charge is 0.134 e. The van der Waals surface area contributed by atoms with Gasteiger partial charge in [0, 0.05) is 11.3 Å². The summed E-state index contributed by atoms with van der Waals surface area (Å²) >= 11 is 0. The molecule has 20 heavy (non-hydrogen) atoms. The van der Waals surface area contributed by atoms with Gasteiger partial charge in [-0.15, -0.1) is 0 Å². The van der Waals surface area contributed by atoms with Crippen molar-refractivity contribution in [3.05, 3.63) is 41.3 Å². The van der Waals surface area contributed by atoms with E-state index >= 15 is 0 Å². The predicted octanol–water partition coefficient (Wildman–Crippen LogP) is 4.40. The Kier molecular flexibility index (Phi) is 3.20. The van der Waals surface area contributed by atoms with Gasteiger partial charge in [0.15, 0.2) is 0 Å². The van der Waals surface area contributed by atoms with E-state index in [1.165, 1.54) is 29.3 Å². The maximum Gasteiger partial charge on any atom is 0.134 e. The highest BCUT2D eigenvalue weighted by Crippen LogP contribution is 2.40. The van der Waals surface area contributed by atoms with Crippen molar-refractivity contribution in [2.75, 3.05) is 0 Å². The molecule has 2 aromatic heterocycles. The second-order valence-electron chi connectivity index (χ2n) is 5.35. The van der Waals surface area contributed by atoms with Gasteiger partial charge in [-0.1, -0.05) is 25.5 Å². The fourth-order valence-corrected chi connectivity index (χ4v) is 2.60. The van der Waals surface area contributed by atoms with Crippen molar-refractivity contribution in [3.8, 4) is 0 Å². The summed E-state index contributed by atoms with van der Waals surface area (Å²) in [6.45, 7) is 8.17. The van der Waals surface area contributed by atoms with E-state index in [1.807, 2.05) is 20.8 Å². The topological polar surface area (TPSA) is 30.2 Å². The fourth-order valence-electron chi connectivity index (χ4n) is 2.60. The molecule has 1 aromatic carbocycles. The predicted molar refractivity (Wildman–Crippen MR) is 83.3 cm³/mol. The molecule has 3 nitrogen and oxygen atoms in total. The number of fused-ring (bicyclic) bond motifs is 3. The highest BCUT2D eigenvalue weighted by molar-refractivity contribution is 5.94. The summed E-state index contributed by atoms with van der Waals surface area (Å²) in [7, 11) is 0. The van der Waals surface area contributed by atoms with E-state index in [0.29, 0.717) is 5.92 Å². The van der Waals surface area contributed by atoms with Crippen LogP contribution in [0.3, 0.4) is 0 Å². The Morgan fingerprint density at radius 1 is 1.10 bits per heavy atom. The van der Waals surface area contributed by atoms with Crippen molar-refractivity contribution in [3.63, 3.8) is 0 Å². The second kappa shape index (κ2) is 4.89. The van der Waals surface area contributed by atoms with Crippen molar-refractivity contribution in [1.29, 1.82) is 0 Å². The summed E-state index contributed by atoms with van der Waals surface area (Å²) in [4.78, 5) is 4.82. The van der Waals surface area contributed by atoms with E-state index < -0.39 is 0 Å². The van der Waals surface area contributed by atoms with Crippen molar-refractivity contribution in [2.24, 2.45) is 0 Å². The normalized spacial score (nSPS) is 14.4. The fraction of sp³-hybridized carbons (Fsp3) is 0.412. The van der Waals surface area contributed by atoms with Crippen LogP contribution in [-0.2, 0) is 0 Å². The van der Waals surface area contributed by atoms with Gasteiger partial charge in [-0.25, -0.2) is 9.50 Å². The van der Waals surface area contributed by atoms with E-state index in [9.17, 15) is 0 Å². The van der Waals surface area contributed by atoms with Crippen LogP contribution >= 0.6 is 0 Å². The Labute approximate surface area is 119 Å². The first-order valence-corrected chi connectivity index (χ1v) is 7.49. The van der Waals surface area contributed by atoms with E-state index in [4.69, 9.17) is 4.98 Å². The van der Waals surface area contributed by atoms with Gasteiger partial charge in [0.2, 0.25) is 0 Å². The lowest BCUT2D eigenvalue weighted by Crippen LogP contribution is -2.02. The minimum atomic E-state index is 0.609. The van der Waals surface area contributed by atoms with Crippen LogP contribution in [-0.4, -0.2) is 14.6 Å². The first-order chi connectivity index (χ1) is 9.72. The first-order valence-electron chi connectivity index (χ1n) is 7.49. The van der Waals surface area contributed by atoms with Crippen LogP contribution < -0.4 is 0 Å². The third-order valence-corrected chi connectivity index (χ3v) is 3.65. The van der Waals surface area contributed by atoms with Crippen LogP contribution in [0.5, 0.6) is 0 Å². The SMILES string of the molecule is CC.Cc1ccc2nc(C3CC3)n3nc(C)cc3c2c1. The molecule has 3 aromatic rings. The maximum atomic E-state index is 4.82. The molecule has 0 spiro atoms. The van der Waals surface area contributed by atoms with Crippen molar-refractivity contribution in [2.45, 2.75) is 46.5 Å². The zero-order valence-electron chi connectivity index (χ0n) is 12.6. The molecule has 0 N–H and O–H groups in total. The lowest BCUT2D eigenvalue weighted by atomic mass is 10.1. The number of aryl methyl sites for hydroxylation is 2. The van der Waals surface area contributed by atoms with Gasteiger partial charge in [0.25, 0.3) is 0 Å². The zero-order valence-corrected chi connectivity index (χ0v) is 12.6. The van der Waals surface area contributed by atoms with Gasteiger partial charge in [-0.2, -0.15) is 5.10 Å². The number of rotatable bonds is 1. The number of hydrogen-bond donors (Lipinski definition) is 0. The summed E-state index contributed by atoms with van der Waals surface area (Å²) in [6.07, 6.45) is 2.50. The van der Waals surface area contributed by atoms with Gasteiger partial charge >= 0.3 is 0 Å². The largest absolute Gasteiger partial charge is 0.233 e. The Morgan fingerprint density at radius 3 is 2.55 bits per heavy atom. The van der Waals surface area contributed by atoms with E-state index in [0.717, 1.165) is 17.0 Å². The molecule has 1 fully saturated rings. The summed E-state index contributed by atoms with van der Waals surface area (Å²) in [5, 5.41) is 5.82. The van der Waals surface area contributed by atoms with Crippen LogP contribution in [0, 0.1) is 13.8 Å². The molecule has 0 saturated heterocycles. The number of hydrogen-bond acceptors (Lipinski definition) is 2. The average Bonchev–Trinajstić information content (AvgIpc) is 3.22. The summed E-state index contributed by atoms with van der Waals surface area (Å²) in [5.74, 6) is 1.74. The maximum absolute atomic E-state index is 4.82. The van der Waals surface area contributed by atoms with Gasteiger partial charge in [-0.05, 0) is 44.9 Å². The van der Waals surface area contributed by atoms with Crippen molar-refractivity contribution in [1.82, 2.24) is 14.6 Å². The third kappa shape index (κ3) is 2.07. The zero-order chi connectivity index (χ0) is 14.3. The molecule has 0 aliphatic heterocycles. The van der Waals surface area contributed by atoms with E-state index in [-0.39, 0.29) is 0 Å². The molecule has 4 rings (SSSR count). The molecule has 1 aliphatic carbocycles. The third-order valence-electron chi connectivity index (χ3n) is 3.65. The molecule has 0 bridgehead atoms. The van der Waals surface area contributed by atoms with Crippen LogP contribution in [0.25, 0.3) is 16.4 Å². The molecule has 2 heterocycles. The standard InChI is InChI=1S/C15H15N3.C2H6/c1-9-3-6-13-12(7-9)14-8-10(2)17-18(14)15(16-13)11-4-5-11;1-2/h3,6-8,11H,4-5H2,1-2H3;1-2H3. The molecule has 1 aliphatic rings. The van der Waals surface area contributed by atoms with Gasteiger partial charge < -0.3 is 0 Å². The van der Waals surface area contributed by atoms with Crippen LogP contribution in [0.15, 0.2) is 24.3 Å². The average molecular weight is 267 g/mol. The Balaban J connectivity index is 0.000000581. The monoisotopic (exact) mass is 267 g/mol. The van der Waals surface area contributed by atoms with Gasteiger partial charge in [-0.3, -0.25) is 0 Å². The lowest BCUT2D eigenvalue weighted by molar-refractivity contribution is 0.805. The molecule has 3 heteroatoms. The van der Waals surface area contributed by atoms with E-state index in [1.54, 1.807) is 0 Å². The Bertz CT molecular complexity index is 767. The van der Waals surface area contributed by atoms with Crippen LogP contribution in [0.4, 0.5) is 0 Å². The molecular weight excluding hydrogens is 246 g/mol. The van der Waals surface area contributed by atoms with Crippen molar-refractivity contribution >= 4 is 16.4 Å². The van der Waals surface area contributed by atoms with E-state index in [2.05, 4.69) is 40.8 Å². The highest BCUT2D eigenvalue weighted by atomic mass is 15.3. The molecular formula is C17H21N3. The van der Waals surface area contributed by atoms with Crippen LogP contribution in [0.2, 0.25) is 0 Å². The number of nitrogens with zero attached hydrogens (tertiary/aromatic N) is 3. The highest BCUT2D eigenvalue weighted by Gasteiger charge is 2.28. The minimum Gasteiger partial charge on any atom is -0.233 e. The molecule has 0 amide bonds. The number of benzene rings is 1. The first kappa shape index (κ1) is 13.1. The van der Waals surface area contributed by atoms with Crippen LogP contribution in [0.1, 0.15) is 49.7 Å². The van der Waals surface area contributed by atoms with Gasteiger partial charge in [0.1, 0.15) is 5.82 Å². The molecule has 1 saturated carbocycles. The summed E-state index contributed by atoms with van der Waals surface area (Å²) in [6, 6.07) is 8.62.